The summed E-state index contributed by atoms with van der Waals surface area (Å²) in [5, 5.41) is 8.89. The third kappa shape index (κ3) is 4.43. The zero-order valence-electron chi connectivity index (χ0n) is 14.5. The van der Waals surface area contributed by atoms with Gasteiger partial charge in [0, 0.05) is 31.5 Å². The summed E-state index contributed by atoms with van der Waals surface area (Å²) >= 11 is 0. The molecule has 2 N–H and O–H groups in total. The average molecular weight is 337 g/mol. The molecular weight excluding hydrogens is 314 g/mol. The maximum atomic E-state index is 8.89. The molecule has 1 aliphatic rings. The SMILES string of the molecule is CN(Cc1nccc(N)n1)C1CCCN(c2ccc(C#N)cn2)CC1. The molecule has 2 aromatic heterocycles. The molecule has 1 aliphatic heterocycles. The lowest BCUT2D eigenvalue weighted by molar-refractivity contribution is 0.212. The maximum Gasteiger partial charge on any atom is 0.144 e. The molecule has 0 amide bonds. The van der Waals surface area contributed by atoms with Crippen LogP contribution in [0.3, 0.4) is 0 Å². The first-order valence-corrected chi connectivity index (χ1v) is 8.54. The van der Waals surface area contributed by atoms with Gasteiger partial charge in [-0.1, -0.05) is 0 Å². The minimum atomic E-state index is 0.480. The second-order valence-electron chi connectivity index (χ2n) is 6.40. The van der Waals surface area contributed by atoms with Crippen LogP contribution in [0.1, 0.15) is 30.7 Å². The third-order valence-corrected chi connectivity index (χ3v) is 4.64. The fraction of sp³-hybridized carbons (Fsp3) is 0.444. The predicted octanol–water partition coefficient (Wildman–Crippen LogP) is 1.82. The number of nitrogens with two attached hydrogens (primary N) is 1. The highest BCUT2D eigenvalue weighted by Gasteiger charge is 2.21. The lowest BCUT2D eigenvalue weighted by Crippen LogP contribution is -2.33. The number of anilines is 2. The van der Waals surface area contributed by atoms with E-state index in [0.717, 1.165) is 44.0 Å². The number of nitrogen functional groups attached to an aromatic ring is 1. The molecule has 7 nitrogen and oxygen atoms in total. The first kappa shape index (κ1) is 17.1. The van der Waals surface area contributed by atoms with Crippen molar-refractivity contribution in [1.29, 1.82) is 5.26 Å². The molecule has 3 heterocycles. The van der Waals surface area contributed by atoms with Crippen molar-refractivity contribution in [2.24, 2.45) is 0 Å². The van der Waals surface area contributed by atoms with Gasteiger partial charge >= 0.3 is 0 Å². The first-order valence-electron chi connectivity index (χ1n) is 8.54. The lowest BCUT2D eigenvalue weighted by atomic mass is 10.1. The van der Waals surface area contributed by atoms with Crippen LogP contribution in [-0.2, 0) is 6.54 Å². The Kier molecular flexibility index (Phi) is 5.41. The van der Waals surface area contributed by atoms with Crippen molar-refractivity contribution in [2.75, 3.05) is 30.8 Å². The Labute approximate surface area is 148 Å². The largest absolute Gasteiger partial charge is 0.384 e. The molecule has 1 fully saturated rings. The van der Waals surface area contributed by atoms with E-state index >= 15 is 0 Å². The third-order valence-electron chi connectivity index (χ3n) is 4.64. The number of nitriles is 1. The quantitative estimate of drug-likeness (QED) is 0.909. The van der Waals surface area contributed by atoms with Crippen LogP contribution in [-0.4, -0.2) is 46.0 Å². The van der Waals surface area contributed by atoms with E-state index in [-0.39, 0.29) is 0 Å². The lowest BCUT2D eigenvalue weighted by Gasteiger charge is -2.26. The molecular formula is C18H23N7. The fourth-order valence-electron chi connectivity index (χ4n) is 3.23. The van der Waals surface area contributed by atoms with Gasteiger partial charge in [-0.3, -0.25) is 4.90 Å². The van der Waals surface area contributed by atoms with Crippen molar-refractivity contribution >= 4 is 11.6 Å². The Bertz CT molecular complexity index is 738. The highest BCUT2D eigenvalue weighted by Crippen LogP contribution is 2.21. The zero-order chi connectivity index (χ0) is 17.6. The van der Waals surface area contributed by atoms with Crippen molar-refractivity contribution in [3.63, 3.8) is 0 Å². The van der Waals surface area contributed by atoms with E-state index < -0.39 is 0 Å². The molecule has 130 valence electrons. The number of hydrogen-bond donors (Lipinski definition) is 1. The Balaban J connectivity index is 1.59. The molecule has 0 radical (unpaired) electrons. The van der Waals surface area contributed by atoms with Gasteiger partial charge < -0.3 is 10.6 Å². The van der Waals surface area contributed by atoms with Gasteiger partial charge in [-0.15, -0.1) is 0 Å². The fourth-order valence-corrected chi connectivity index (χ4v) is 3.23. The number of rotatable bonds is 4. The molecule has 1 saturated heterocycles. The van der Waals surface area contributed by atoms with Crippen LogP contribution in [0.5, 0.6) is 0 Å². The summed E-state index contributed by atoms with van der Waals surface area (Å²) in [5.41, 5.74) is 6.33. The molecule has 3 rings (SSSR count). The van der Waals surface area contributed by atoms with Gasteiger partial charge in [0.15, 0.2) is 0 Å². The zero-order valence-corrected chi connectivity index (χ0v) is 14.5. The molecule has 0 spiro atoms. The van der Waals surface area contributed by atoms with Crippen LogP contribution < -0.4 is 10.6 Å². The van der Waals surface area contributed by atoms with E-state index in [1.807, 2.05) is 12.1 Å². The van der Waals surface area contributed by atoms with Crippen LogP contribution in [0.2, 0.25) is 0 Å². The molecule has 1 atom stereocenters. The van der Waals surface area contributed by atoms with Gasteiger partial charge in [-0.25, -0.2) is 15.0 Å². The van der Waals surface area contributed by atoms with Crippen molar-refractivity contribution in [2.45, 2.75) is 31.8 Å². The van der Waals surface area contributed by atoms with Crippen LogP contribution in [0.15, 0.2) is 30.6 Å². The topological polar surface area (TPSA) is 95.0 Å². The van der Waals surface area contributed by atoms with Crippen LogP contribution >= 0.6 is 0 Å². The van der Waals surface area contributed by atoms with Crippen LogP contribution in [0.4, 0.5) is 11.6 Å². The summed E-state index contributed by atoms with van der Waals surface area (Å²) in [4.78, 5) is 17.6. The van der Waals surface area contributed by atoms with Crippen molar-refractivity contribution in [3.05, 3.63) is 42.0 Å². The summed E-state index contributed by atoms with van der Waals surface area (Å²) in [7, 11) is 2.12. The van der Waals surface area contributed by atoms with E-state index in [1.165, 1.54) is 0 Å². The standard InChI is InChI=1S/C18H23N7/c1-24(13-17-21-8-6-16(20)23-17)15-3-2-9-25(10-7-15)18-5-4-14(11-19)12-22-18/h4-6,8,12,15H,2-3,7,9-10,13H2,1H3,(H2,20,21,23). The Hall–Kier alpha value is -2.72. The molecule has 1 unspecified atom stereocenters. The number of pyridine rings is 1. The van der Waals surface area contributed by atoms with Crippen molar-refractivity contribution in [1.82, 2.24) is 19.9 Å². The van der Waals surface area contributed by atoms with Gasteiger partial charge in [-0.05, 0) is 44.5 Å². The molecule has 25 heavy (non-hydrogen) atoms. The van der Waals surface area contributed by atoms with Crippen molar-refractivity contribution in [3.8, 4) is 6.07 Å². The Morgan fingerprint density at radius 1 is 1.28 bits per heavy atom. The van der Waals surface area contributed by atoms with Gasteiger partial charge in [0.1, 0.15) is 23.5 Å². The van der Waals surface area contributed by atoms with E-state index in [4.69, 9.17) is 11.0 Å². The molecule has 0 aliphatic carbocycles. The van der Waals surface area contributed by atoms with Gasteiger partial charge in [0.05, 0.1) is 12.1 Å². The Morgan fingerprint density at radius 2 is 2.16 bits per heavy atom. The Morgan fingerprint density at radius 3 is 2.88 bits per heavy atom. The molecule has 0 bridgehead atoms. The van der Waals surface area contributed by atoms with E-state index in [0.29, 0.717) is 24.0 Å². The highest BCUT2D eigenvalue weighted by molar-refractivity contribution is 5.42. The monoisotopic (exact) mass is 337 g/mol. The summed E-state index contributed by atoms with van der Waals surface area (Å²) in [5.74, 6) is 2.22. The van der Waals surface area contributed by atoms with Gasteiger partial charge in [0.25, 0.3) is 0 Å². The number of aromatic nitrogens is 3. The molecule has 0 aromatic carbocycles. The second-order valence-corrected chi connectivity index (χ2v) is 6.40. The molecule has 2 aromatic rings. The average Bonchev–Trinajstić information content (AvgIpc) is 2.88. The second kappa shape index (κ2) is 7.90. The van der Waals surface area contributed by atoms with Crippen LogP contribution in [0, 0.1) is 11.3 Å². The summed E-state index contributed by atoms with van der Waals surface area (Å²) < 4.78 is 0. The van der Waals surface area contributed by atoms with Gasteiger partial charge in [0.2, 0.25) is 0 Å². The minimum absolute atomic E-state index is 0.480. The van der Waals surface area contributed by atoms with E-state index in [1.54, 1.807) is 18.5 Å². The van der Waals surface area contributed by atoms with Crippen LogP contribution in [0.25, 0.3) is 0 Å². The summed E-state index contributed by atoms with van der Waals surface area (Å²) in [6, 6.07) is 8.06. The molecule has 0 saturated carbocycles. The van der Waals surface area contributed by atoms with Gasteiger partial charge in [-0.2, -0.15) is 5.26 Å². The van der Waals surface area contributed by atoms with E-state index in [2.05, 4.69) is 37.9 Å². The predicted molar refractivity (Wildman–Crippen MR) is 96.7 cm³/mol. The first-order chi connectivity index (χ1) is 12.2. The highest BCUT2D eigenvalue weighted by atomic mass is 15.2. The minimum Gasteiger partial charge on any atom is -0.384 e. The number of hydrogen-bond acceptors (Lipinski definition) is 7. The summed E-state index contributed by atoms with van der Waals surface area (Å²) in [6.07, 6.45) is 6.64. The summed E-state index contributed by atoms with van der Waals surface area (Å²) in [6.45, 7) is 2.63. The maximum absolute atomic E-state index is 8.89. The van der Waals surface area contributed by atoms with E-state index in [9.17, 15) is 0 Å². The smallest absolute Gasteiger partial charge is 0.144 e. The normalized spacial score (nSPS) is 18.0. The number of nitrogens with zero attached hydrogens (tertiary/aromatic N) is 6. The molecule has 7 heteroatoms. The van der Waals surface area contributed by atoms with Crippen molar-refractivity contribution < 1.29 is 0 Å².